The summed E-state index contributed by atoms with van der Waals surface area (Å²) in [6, 6.07) is 14.1. The molecule has 0 saturated carbocycles. The molecule has 2 aromatic carbocycles. The van der Waals surface area contributed by atoms with Gasteiger partial charge in [-0.25, -0.2) is 8.42 Å². The van der Waals surface area contributed by atoms with Crippen molar-refractivity contribution in [2.24, 2.45) is 0 Å². The maximum Gasteiger partial charge on any atom is 0.243 e. The summed E-state index contributed by atoms with van der Waals surface area (Å²) in [6.07, 6.45) is 0.243. The van der Waals surface area contributed by atoms with E-state index < -0.39 is 10.0 Å². The number of nitrogens with one attached hydrogen (secondary N) is 1. The number of sulfonamides is 1. The SMILES string of the molecule is CCN(CC)S(=O)(=O)c1ccc([C@@H](C)NC(=O)CCOc2ccccc2C)cc1. The predicted octanol–water partition coefficient (Wildman–Crippen LogP) is 3.67. The van der Waals surface area contributed by atoms with Gasteiger partial charge in [-0.15, -0.1) is 0 Å². The summed E-state index contributed by atoms with van der Waals surface area (Å²) >= 11 is 0. The highest BCUT2D eigenvalue weighted by Gasteiger charge is 2.21. The van der Waals surface area contributed by atoms with Gasteiger partial charge in [-0.05, 0) is 43.2 Å². The maximum atomic E-state index is 12.6. The zero-order valence-electron chi connectivity index (χ0n) is 17.5. The van der Waals surface area contributed by atoms with Gasteiger partial charge in [0, 0.05) is 13.1 Å². The lowest BCUT2D eigenvalue weighted by atomic mass is 10.1. The van der Waals surface area contributed by atoms with E-state index in [1.165, 1.54) is 4.31 Å². The molecule has 0 fully saturated rings. The van der Waals surface area contributed by atoms with E-state index in [1.54, 1.807) is 24.3 Å². The van der Waals surface area contributed by atoms with Crippen LogP contribution in [0.25, 0.3) is 0 Å². The zero-order chi connectivity index (χ0) is 21.4. The Morgan fingerprint density at radius 1 is 1.07 bits per heavy atom. The third kappa shape index (κ3) is 6.05. The molecule has 0 aromatic heterocycles. The number of rotatable bonds is 10. The van der Waals surface area contributed by atoms with Gasteiger partial charge in [0.2, 0.25) is 15.9 Å². The fourth-order valence-electron chi connectivity index (χ4n) is 3.01. The number of ether oxygens (including phenoxy) is 1. The Bertz CT molecular complexity index is 907. The van der Waals surface area contributed by atoms with E-state index in [-0.39, 0.29) is 23.3 Å². The first kappa shape index (κ1) is 22.9. The van der Waals surface area contributed by atoms with Gasteiger partial charge in [-0.2, -0.15) is 4.31 Å². The highest BCUT2D eigenvalue weighted by atomic mass is 32.2. The minimum atomic E-state index is -3.48. The van der Waals surface area contributed by atoms with E-state index in [2.05, 4.69) is 5.32 Å². The Hall–Kier alpha value is -2.38. The van der Waals surface area contributed by atoms with Crippen molar-refractivity contribution in [3.05, 3.63) is 59.7 Å². The van der Waals surface area contributed by atoms with E-state index in [4.69, 9.17) is 4.74 Å². The minimum Gasteiger partial charge on any atom is -0.493 e. The molecule has 2 rings (SSSR count). The molecule has 0 spiro atoms. The second-order valence-corrected chi connectivity index (χ2v) is 8.75. The molecule has 0 heterocycles. The molecule has 0 radical (unpaired) electrons. The van der Waals surface area contributed by atoms with Crippen molar-refractivity contribution in [1.29, 1.82) is 0 Å². The minimum absolute atomic E-state index is 0.120. The molecule has 1 N–H and O–H groups in total. The summed E-state index contributed by atoms with van der Waals surface area (Å²) in [5, 5.41) is 2.92. The summed E-state index contributed by atoms with van der Waals surface area (Å²) in [7, 11) is -3.48. The Balaban J connectivity index is 1.91. The van der Waals surface area contributed by atoms with Crippen molar-refractivity contribution in [3.8, 4) is 5.75 Å². The van der Waals surface area contributed by atoms with Gasteiger partial charge in [-0.3, -0.25) is 4.79 Å². The average molecular weight is 419 g/mol. The number of hydrogen-bond donors (Lipinski definition) is 1. The van der Waals surface area contributed by atoms with Gasteiger partial charge in [0.05, 0.1) is 24.0 Å². The monoisotopic (exact) mass is 418 g/mol. The number of hydrogen-bond acceptors (Lipinski definition) is 4. The summed E-state index contributed by atoms with van der Waals surface area (Å²) in [6.45, 7) is 8.61. The fourth-order valence-corrected chi connectivity index (χ4v) is 4.47. The van der Waals surface area contributed by atoms with E-state index in [0.29, 0.717) is 19.7 Å². The van der Waals surface area contributed by atoms with Crippen molar-refractivity contribution in [2.45, 2.75) is 45.1 Å². The van der Waals surface area contributed by atoms with E-state index in [0.717, 1.165) is 16.9 Å². The maximum absolute atomic E-state index is 12.6. The number of aryl methyl sites for hydroxylation is 1. The number of amides is 1. The highest BCUT2D eigenvalue weighted by molar-refractivity contribution is 7.89. The van der Waals surface area contributed by atoms with Crippen LogP contribution in [-0.2, 0) is 14.8 Å². The number of carbonyl (C=O) groups is 1. The number of nitrogens with zero attached hydrogens (tertiary/aromatic N) is 1. The van der Waals surface area contributed by atoms with Gasteiger partial charge in [0.1, 0.15) is 5.75 Å². The van der Waals surface area contributed by atoms with Crippen LogP contribution >= 0.6 is 0 Å². The summed E-state index contributed by atoms with van der Waals surface area (Å²) in [5.74, 6) is 0.657. The van der Waals surface area contributed by atoms with E-state index in [1.807, 2.05) is 52.0 Å². The first-order chi connectivity index (χ1) is 13.8. The van der Waals surface area contributed by atoms with Gasteiger partial charge in [-0.1, -0.05) is 44.2 Å². The van der Waals surface area contributed by atoms with Gasteiger partial charge in [0.25, 0.3) is 0 Å². The number of benzene rings is 2. The van der Waals surface area contributed by atoms with Crippen molar-refractivity contribution in [3.63, 3.8) is 0 Å². The summed E-state index contributed by atoms with van der Waals surface area (Å²) in [4.78, 5) is 12.5. The summed E-state index contributed by atoms with van der Waals surface area (Å²) in [5.41, 5.74) is 1.87. The quantitative estimate of drug-likeness (QED) is 0.639. The van der Waals surface area contributed by atoms with Crippen LogP contribution in [-0.4, -0.2) is 38.3 Å². The molecule has 6 nitrogen and oxygen atoms in total. The van der Waals surface area contributed by atoms with Crippen LogP contribution < -0.4 is 10.1 Å². The Labute approximate surface area is 173 Å². The molecule has 1 amide bonds. The van der Waals surface area contributed by atoms with Crippen molar-refractivity contribution in [1.82, 2.24) is 9.62 Å². The number of carbonyl (C=O) groups excluding carboxylic acids is 1. The molecule has 0 aliphatic carbocycles. The van der Waals surface area contributed by atoms with E-state index >= 15 is 0 Å². The average Bonchev–Trinajstić information content (AvgIpc) is 2.70. The lowest BCUT2D eigenvalue weighted by molar-refractivity contribution is -0.122. The molecule has 7 heteroatoms. The normalized spacial score (nSPS) is 12.6. The molecule has 0 aliphatic rings. The lowest BCUT2D eigenvalue weighted by Gasteiger charge is -2.19. The molecular formula is C22H30N2O4S. The second kappa shape index (κ2) is 10.4. The predicted molar refractivity (Wildman–Crippen MR) is 114 cm³/mol. The van der Waals surface area contributed by atoms with Gasteiger partial charge in [0.15, 0.2) is 0 Å². The first-order valence-electron chi connectivity index (χ1n) is 9.87. The standard InChI is InChI=1S/C22H30N2O4S/c1-5-24(6-2)29(26,27)20-13-11-19(12-14-20)18(4)23-22(25)15-16-28-21-10-8-7-9-17(21)3/h7-14,18H,5-6,15-16H2,1-4H3,(H,23,25)/t18-/m1/s1. The van der Waals surface area contributed by atoms with E-state index in [9.17, 15) is 13.2 Å². The lowest BCUT2D eigenvalue weighted by Crippen LogP contribution is -2.30. The van der Waals surface area contributed by atoms with Crippen LogP contribution in [0.1, 0.15) is 44.4 Å². The van der Waals surface area contributed by atoms with Crippen molar-refractivity contribution >= 4 is 15.9 Å². The first-order valence-corrected chi connectivity index (χ1v) is 11.3. The topological polar surface area (TPSA) is 75.7 Å². The third-order valence-electron chi connectivity index (χ3n) is 4.78. The third-order valence-corrected chi connectivity index (χ3v) is 6.85. The molecule has 0 bridgehead atoms. The molecule has 2 aromatic rings. The van der Waals surface area contributed by atoms with Crippen LogP contribution in [0.3, 0.4) is 0 Å². The molecule has 158 valence electrons. The van der Waals surface area contributed by atoms with Gasteiger partial charge < -0.3 is 10.1 Å². The second-order valence-electron chi connectivity index (χ2n) is 6.81. The Kier molecular flexibility index (Phi) is 8.22. The van der Waals surface area contributed by atoms with Crippen molar-refractivity contribution < 1.29 is 17.9 Å². The Morgan fingerprint density at radius 3 is 2.28 bits per heavy atom. The molecular weight excluding hydrogens is 388 g/mol. The van der Waals surface area contributed by atoms with Crippen LogP contribution in [0, 0.1) is 6.92 Å². The van der Waals surface area contributed by atoms with Crippen molar-refractivity contribution in [2.75, 3.05) is 19.7 Å². The fraction of sp³-hybridized carbons (Fsp3) is 0.409. The Morgan fingerprint density at radius 2 is 1.69 bits per heavy atom. The number of para-hydroxylation sites is 1. The van der Waals surface area contributed by atoms with Crippen LogP contribution in [0.5, 0.6) is 5.75 Å². The molecule has 0 aliphatic heterocycles. The molecule has 0 saturated heterocycles. The van der Waals surface area contributed by atoms with Gasteiger partial charge >= 0.3 is 0 Å². The zero-order valence-corrected chi connectivity index (χ0v) is 18.3. The highest BCUT2D eigenvalue weighted by Crippen LogP contribution is 2.20. The van der Waals surface area contributed by atoms with Crippen LogP contribution in [0.15, 0.2) is 53.4 Å². The van der Waals surface area contributed by atoms with Crippen LogP contribution in [0.4, 0.5) is 0 Å². The largest absolute Gasteiger partial charge is 0.493 e. The molecule has 0 unspecified atom stereocenters. The smallest absolute Gasteiger partial charge is 0.243 e. The molecule has 29 heavy (non-hydrogen) atoms. The molecule has 1 atom stereocenters. The summed E-state index contributed by atoms with van der Waals surface area (Å²) < 4.78 is 32.2. The van der Waals surface area contributed by atoms with Crippen LogP contribution in [0.2, 0.25) is 0 Å².